The van der Waals surface area contributed by atoms with Crippen molar-refractivity contribution in [1.29, 1.82) is 0 Å². The summed E-state index contributed by atoms with van der Waals surface area (Å²) in [5.74, 6) is 1.30. The summed E-state index contributed by atoms with van der Waals surface area (Å²) >= 11 is 0. The molecule has 0 fully saturated rings. The van der Waals surface area contributed by atoms with E-state index >= 15 is 0 Å². The molecule has 1 nitrogen and oxygen atoms in total. The van der Waals surface area contributed by atoms with Crippen LogP contribution in [0, 0.1) is 17.3 Å². The van der Waals surface area contributed by atoms with Crippen molar-refractivity contribution in [3.63, 3.8) is 0 Å². The average Bonchev–Trinajstić information content (AvgIpc) is 1.88. The number of hydrogen-bond donors (Lipinski definition) is 1. The fraction of sp³-hybridized carbons (Fsp3) is 1.00. The molecule has 0 aliphatic rings. The molecule has 0 aliphatic carbocycles. The zero-order valence-corrected chi connectivity index (χ0v) is 8.52. The molecule has 68 valence electrons. The molecule has 0 saturated carbocycles. The Morgan fingerprint density at radius 3 is 1.82 bits per heavy atom. The van der Waals surface area contributed by atoms with Crippen molar-refractivity contribution in [2.45, 2.75) is 41.0 Å². The van der Waals surface area contributed by atoms with E-state index in [0.29, 0.717) is 18.4 Å². The molecule has 0 radical (unpaired) electrons. The first-order valence-electron chi connectivity index (χ1n) is 4.56. The van der Waals surface area contributed by atoms with Crippen molar-refractivity contribution < 1.29 is 5.11 Å². The Kier molecular flexibility index (Phi) is 4.09. The quantitative estimate of drug-likeness (QED) is 0.667. The minimum absolute atomic E-state index is 0.0862. The van der Waals surface area contributed by atoms with Crippen LogP contribution < -0.4 is 0 Å². The predicted molar refractivity (Wildman–Crippen MR) is 49.5 cm³/mol. The van der Waals surface area contributed by atoms with Gasteiger partial charge in [0.2, 0.25) is 0 Å². The van der Waals surface area contributed by atoms with E-state index < -0.39 is 0 Å². The highest BCUT2D eigenvalue weighted by atomic mass is 16.3. The molecule has 0 aromatic heterocycles. The Balaban J connectivity index is 4.23. The highest BCUT2D eigenvalue weighted by Crippen LogP contribution is 2.34. The number of rotatable bonds is 4. The Morgan fingerprint density at radius 1 is 1.27 bits per heavy atom. The fourth-order valence-electron chi connectivity index (χ4n) is 2.04. The van der Waals surface area contributed by atoms with Crippen LogP contribution in [0.4, 0.5) is 0 Å². The topological polar surface area (TPSA) is 20.2 Å². The summed E-state index contributed by atoms with van der Waals surface area (Å²) < 4.78 is 0. The van der Waals surface area contributed by atoms with Crippen LogP contribution in [0.25, 0.3) is 0 Å². The van der Waals surface area contributed by atoms with Gasteiger partial charge < -0.3 is 5.11 Å². The molecule has 0 heterocycles. The first kappa shape index (κ1) is 11.0. The molecular formula is C10H22O. The molecule has 0 bridgehead atoms. The maximum absolute atomic E-state index is 9.14. The lowest BCUT2D eigenvalue weighted by atomic mass is 9.72. The summed E-state index contributed by atoms with van der Waals surface area (Å²) in [7, 11) is 0. The van der Waals surface area contributed by atoms with Gasteiger partial charge in [-0.2, -0.15) is 0 Å². The summed E-state index contributed by atoms with van der Waals surface area (Å²) in [6.45, 7) is 11.2. The molecule has 0 amide bonds. The van der Waals surface area contributed by atoms with E-state index in [2.05, 4.69) is 34.6 Å². The minimum atomic E-state index is 0.0862. The first-order chi connectivity index (χ1) is 4.95. The van der Waals surface area contributed by atoms with E-state index in [4.69, 9.17) is 5.11 Å². The van der Waals surface area contributed by atoms with Crippen molar-refractivity contribution >= 4 is 0 Å². The van der Waals surface area contributed by atoms with Crippen LogP contribution in [0.15, 0.2) is 0 Å². The van der Waals surface area contributed by atoms with Gasteiger partial charge in [0, 0.05) is 6.61 Å². The molecule has 0 unspecified atom stereocenters. The van der Waals surface area contributed by atoms with Crippen LogP contribution in [0.5, 0.6) is 0 Å². The normalized spacial score (nSPS) is 15.5. The van der Waals surface area contributed by atoms with Crippen LogP contribution in [0.2, 0.25) is 0 Å². The maximum Gasteiger partial charge on any atom is 0.0484 e. The largest absolute Gasteiger partial charge is 0.396 e. The van der Waals surface area contributed by atoms with Gasteiger partial charge in [0.05, 0.1) is 0 Å². The Labute approximate surface area is 70.8 Å². The van der Waals surface area contributed by atoms with Crippen LogP contribution in [0.1, 0.15) is 41.0 Å². The highest BCUT2D eigenvalue weighted by molar-refractivity contribution is 4.78. The zero-order chi connectivity index (χ0) is 9.07. The Morgan fingerprint density at radius 2 is 1.73 bits per heavy atom. The number of aliphatic hydroxyl groups excluding tert-OH is 1. The molecule has 11 heavy (non-hydrogen) atoms. The van der Waals surface area contributed by atoms with E-state index in [1.54, 1.807) is 0 Å². The number of aliphatic hydroxyl groups is 1. The molecule has 0 saturated heterocycles. The second-order valence-electron chi connectivity index (χ2n) is 4.41. The van der Waals surface area contributed by atoms with Crippen molar-refractivity contribution in [3.05, 3.63) is 0 Å². The monoisotopic (exact) mass is 158 g/mol. The van der Waals surface area contributed by atoms with E-state index in [1.807, 2.05) is 0 Å². The molecule has 1 heteroatoms. The van der Waals surface area contributed by atoms with Gasteiger partial charge in [-0.3, -0.25) is 0 Å². The summed E-state index contributed by atoms with van der Waals surface area (Å²) in [6, 6.07) is 0. The van der Waals surface area contributed by atoms with Gasteiger partial charge in [-0.05, 0) is 17.3 Å². The van der Waals surface area contributed by atoms with E-state index in [1.165, 1.54) is 0 Å². The smallest absolute Gasteiger partial charge is 0.0484 e. The fourth-order valence-corrected chi connectivity index (χ4v) is 2.04. The van der Waals surface area contributed by atoms with Gasteiger partial charge in [0.1, 0.15) is 0 Å². The molecule has 0 spiro atoms. The predicted octanol–water partition coefficient (Wildman–Crippen LogP) is 2.69. The summed E-state index contributed by atoms with van der Waals surface area (Å²) in [5.41, 5.74) is 0.0862. The third-order valence-electron chi connectivity index (χ3n) is 2.66. The van der Waals surface area contributed by atoms with Crippen molar-refractivity contribution in [2.24, 2.45) is 17.3 Å². The van der Waals surface area contributed by atoms with Crippen LogP contribution in [0.3, 0.4) is 0 Å². The summed E-state index contributed by atoms with van der Waals surface area (Å²) in [4.78, 5) is 0. The molecule has 0 aliphatic heterocycles. The minimum Gasteiger partial charge on any atom is -0.396 e. The van der Waals surface area contributed by atoms with Gasteiger partial charge in [-0.1, -0.05) is 41.0 Å². The lowest BCUT2D eigenvalue weighted by molar-refractivity contribution is 0.0670. The Bertz CT molecular complexity index is 105. The van der Waals surface area contributed by atoms with Crippen LogP contribution in [-0.2, 0) is 0 Å². The summed E-state index contributed by atoms with van der Waals surface area (Å²) in [5, 5.41) is 9.14. The van der Waals surface area contributed by atoms with E-state index in [0.717, 1.165) is 6.42 Å². The van der Waals surface area contributed by atoms with Gasteiger partial charge >= 0.3 is 0 Å². The van der Waals surface area contributed by atoms with Crippen molar-refractivity contribution in [2.75, 3.05) is 6.61 Å². The van der Waals surface area contributed by atoms with Gasteiger partial charge in [0.15, 0.2) is 0 Å². The SMILES string of the molecule is CC[C@H](C(C)C)C(C)(C)CO. The molecule has 1 atom stereocenters. The second-order valence-corrected chi connectivity index (χ2v) is 4.41. The highest BCUT2D eigenvalue weighted by Gasteiger charge is 2.29. The molecule has 1 N–H and O–H groups in total. The van der Waals surface area contributed by atoms with Crippen LogP contribution in [-0.4, -0.2) is 11.7 Å². The van der Waals surface area contributed by atoms with Gasteiger partial charge in [-0.25, -0.2) is 0 Å². The van der Waals surface area contributed by atoms with E-state index in [-0.39, 0.29) is 5.41 Å². The number of hydrogen-bond acceptors (Lipinski definition) is 1. The third kappa shape index (κ3) is 2.82. The van der Waals surface area contributed by atoms with Gasteiger partial charge in [-0.15, -0.1) is 0 Å². The first-order valence-corrected chi connectivity index (χ1v) is 4.56. The zero-order valence-electron chi connectivity index (χ0n) is 8.52. The molecule has 0 aromatic carbocycles. The maximum atomic E-state index is 9.14. The second kappa shape index (κ2) is 4.10. The third-order valence-corrected chi connectivity index (χ3v) is 2.66. The molecular weight excluding hydrogens is 136 g/mol. The standard InChI is InChI=1S/C10H22O/c1-6-9(8(2)3)10(4,5)7-11/h8-9,11H,6-7H2,1-5H3/t9-/m1/s1. The molecule has 0 rings (SSSR count). The lowest BCUT2D eigenvalue weighted by Gasteiger charge is -2.34. The molecule has 0 aromatic rings. The lowest BCUT2D eigenvalue weighted by Crippen LogP contribution is -2.31. The van der Waals surface area contributed by atoms with Gasteiger partial charge in [0.25, 0.3) is 0 Å². The summed E-state index contributed by atoms with van der Waals surface area (Å²) in [6.07, 6.45) is 1.16. The van der Waals surface area contributed by atoms with E-state index in [9.17, 15) is 0 Å². The van der Waals surface area contributed by atoms with Crippen molar-refractivity contribution in [1.82, 2.24) is 0 Å². The average molecular weight is 158 g/mol. The van der Waals surface area contributed by atoms with Crippen LogP contribution >= 0.6 is 0 Å². The van der Waals surface area contributed by atoms with Crippen molar-refractivity contribution in [3.8, 4) is 0 Å². The Hall–Kier alpha value is -0.0400.